The van der Waals surface area contributed by atoms with E-state index in [1.165, 1.54) is 24.3 Å². The van der Waals surface area contributed by atoms with Gasteiger partial charge < -0.3 is 5.32 Å². The number of nitrogens with one attached hydrogen (secondary N) is 1. The normalized spacial score (nSPS) is 12.5. The number of sulfonamides is 1. The Labute approximate surface area is 151 Å². The van der Waals surface area contributed by atoms with Gasteiger partial charge in [-0.1, -0.05) is 30.7 Å². The third-order valence-corrected chi connectivity index (χ3v) is 4.90. The number of carbonyl (C=O) groups is 1. The van der Waals surface area contributed by atoms with Crippen molar-refractivity contribution in [2.24, 2.45) is 0 Å². The monoisotopic (exact) mass is 384 g/mol. The van der Waals surface area contributed by atoms with E-state index in [1.807, 2.05) is 0 Å². The second kappa shape index (κ2) is 7.84. The van der Waals surface area contributed by atoms with Gasteiger partial charge in [-0.25, -0.2) is 12.8 Å². The zero-order chi connectivity index (χ0) is 18.6. The number of rotatable bonds is 6. The molecule has 2 aromatic rings. The van der Waals surface area contributed by atoms with E-state index in [1.54, 1.807) is 25.1 Å². The quantitative estimate of drug-likeness (QED) is 0.826. The van der Waals surface area contributed by atoms with E-state index in [2.05, 4.69) is 5.32 Å². The van der Waals surface area contributed by atoms with Crippen LogP contribution < -0.4 is 9.62 Å². The summed E-state index contributed by atoms with van der Waals surface area (Å²) in [7, 11) is -3.75. The van der Waals surface area contributed by atoms with Crippen molar-refractivity contribution in [1.29, 1.82) is 0 Å². The van der Waals surface area contributed by atoms with Crippen molar-refractivity contribution >= 4 is 38.9 Å². The number of halogens is 2. The maximum absolute atomic E-state index is 13.3. The van der Waals surface area contributed by atoms with Gasteiger partial charge in [0.2, 0.25) is 15.9 Å². The Bertz CT molecular complexity index is 874. The van der Waals surface area contributed by atoms with Gasteiger partial charge in [-0.15, -0.1) is 0 Å². The average Bonchev–Trinajstić information content (AvgIpc) is 2.51. The molecule has 0 unspecified atom stereocenters. The SMILES string of the molecule is CC[C@H](C(=O)Nc1cccc(F)c1)N(c1cccc(Cl)c1)S(C)(=O)=O. The van der Waals surface area contributed by atoms with Crippen molar-refractivity contribution in [3.63, 3.8) is 0 Å². The Balaban J connectivity index is 2.38. The molecule has 0 saturated carbocycles. The van der Waals surface area contributed by atoms with Crippen molar-refractivity contribution < 1.29 is 17.6 Å². The molecule has 2 rings (SSSR count). The summed E-state index contributed by atoms with van der Waals surface area (Å²) < 4.78 is 38.9. The molecule has 1 N–H and O–H groups in total. The molecule has 1 amide bonds. The molecule has 0 aliphatic heterocycles. The first-order valence-corrected chi connectivity index (χ1v) is 9.76. The topological polar surface area (TPSA) is 66.5 Å². The van der Waals surface area contributed by atoms with Crippen molar-refractivity contribution in [2.75, 3.05) is 15.9 Å². The van der Waals surface area contributed by atoms with Crippen LogP contribution in [0.4, 0.5) is 15.8 Å². The lowest BCUT2D eigenvalue weighted by atomic mass is 10.2. The van der Waals surface area contributed by atoms with E-state index in [0.29, 0.717) is 5.02 Å². The number of hydrogen-bond acceptors (Lipinski definition) is 3. The third-order valence-electron chi connectivity index (χ3n) is 3.48. The van der Waals surface area contributed by atoms with Crippen LogP contribution in [0.15, 0.2) is 48.5 Å². The summed E-state index contributed by atoms with van der Waals surface area (Å²) in [6, 6.07) is 10.6. The number of amides is 1. The molecule has 0 fully saturated rings. The van der Waals surface area contributed by atoms with E-state index in [-0.39, 0.29) is 17.8 Å². The molecule has 0 heterocycles. The van der Waals surface area contributed by atoms with Crippen molar-refractivity contribution in [3.05, 3.63) is 59.4 Å². The molecular weight excluding hydrogens is 367 g/mol. The van der Waals surface area contributed by atoms with Gasteiger partial charge in [-0.05, 0) is 42.8 Å². The molecule has 0 spiro atoms. The Morgan fingerprint density at radius 2 is 1.92 bits per heavy atom. The molecule has 0 aromatic heterocycles. The summed E-state index contributed by atoms with van der Waals surface area (Å²) in [6.07, 6.45) is 1.24. The van der Waals surface area contributed by atoms with Gasteiger partial charge >= 0.3 is 0 Å². The maximum atomic E-state index is 13.3. The molecular formula is C17H18ClFN2O3S. The summed E-state index contributed by atoms with van der Waals surface area (Å²) in [6.45, 7) is 1.69. The summed E-state index contributed by atoms with van der Waals surface area (Å²) in [5.41, 5.74) is 0.541. The zero-order valence-corrected chi connectivity index (χ0v) is 15.3. The van der Waals surface area contributed by atoms with Crippen molar-refractivity contribution in [3.8, 4) is 0 Å². The average molecular weight is 385 g/mol. The molecule has 0 radical (unpaired) electrons. The fourth-order valence-electron chi connectivity index (χ4n) is 2.47. The fourth-order valence-corrected chi connectivity index (χ4v) is 3.85. The second-order valence-corrected chi connectivity index (χ2v) is 7.76. The van der Waals surface area contributed by atoms with Crippen LogP contribution >= 0.6 is 11.6 Å². The van der Waals surface area contributed by atoms with E-state index in [4.69, 9.17) is 11.6 Å². The minimum Gasteiger partial charge on any atom is -0.324 e. The Morgan fingerprint density at radius 3 is 2.48 bits per heavy atom. The largest absolute Gasteiger partial charge is 0.324 e. The minimum atomic E-state index is -3.75. The van der Waals surface area contributed by atoms with Crippen LogP contribution in [0.1, 0.15) is 13.3 Å². The summed E-state index contributed by atoms with van der Waals surface area (Å²) in [4.78, 5) is 12.6. The number of anilines is 2. The predicted octanol–water partition coefficient (Wildman–Crippen LogP) is 3.66. The Kier molecular flexibility index (Phi) is 6.02. The van der Waals surface area contributed by atoms with E-state index in [9.17, 15) is 17.6 Å². The van der Waals surface area contributed by atoms with Gasteiger partial charge in [-0.3, -0.25) is 9.10 Å². The zero-order valence-electron chi connectivity index (χ0n) is 13.7. The number of nitrogens with zero attached hydrogens (tertiary/aromatic N) is 1. The highest BCUT2D eigenvalue weighted by atomic mass is 35.5. The number of benzene rings is 2. The highest BCUT2D eigenvalue weighted by Gasteiger charge is 2.31. The number of hydrogen-bond donors (Lipinski definition) is 1. The van der Waals surface area contributed by atoms with Gasteiger partial charge in [0.05, 0.1) is 11.9 Å². The minimum absolute atomic E-state index is 0.223. The lowest BCUT2D eigenvalue weighted by Crippen LogP contribution is -2.47. The molecule has 134 valence electrons. The standard InChI is InChI=1S/C17H18ClFN2O3S/c1-3-16(17(22)20-14-8-5-7-13(19)11-14)21(25(2,23)24)15-9-4-6-12(18)10-15/h4-11,16H,3H2,1-2H3,(H,20,22)/t16-/m1/s1. The van der Waals surface area contributed by atoms with Crippen molar-refractivity contribution in [1.82, 2.24) is 0 Å². The van der Waals surface area contributed by atoms with Gasteiger partial charge in [0.1, 0.15) is 11.9 Å². The van der Waals surface area contributed by atoms with Crippen LogP contribution in [0.25, 0.3) is 0 Å². The van der Waals surface area contributed by atoms with E-state index >= 15 is 0 Å². The van der Waals surface area contributed by atoms with Gasteiger partial charge in [0.15, 0.2) is 0 Å². The molecule has 8 heteroatoms. The van der Waals surface area contributed by atoms with Crippen LogP contribution in [0.3, 0.4) is 0 Å². The molecule has 25 heavy (non-hydrogen) atoms. The lowest BCUT2D eigenvalue weighted by Gasteiger charge is -2.30. The molecule has 5 nitrogen and oxygen atoms in total. The number of carbonyl (C=O) groups excluding carboxylic acids is 1. The lowest BCUT2D eigenvalue weighted by molar-refractivity contribution is -0.117. The third kappa shape index (κ3) is 4.93. The Morgan fingerprint density at radius 1 is 1.24 bits per heavy atom. The molecule has 0 saturated heterocycles. The van der Waals surface area contributed by atoms with Crippen molar-refractivity contribution in [2.45, 2.75) is 19.4 Å². The van der Waals surface area contributed by atoms with Crippen LogP contribution in [-0.4, -0.2) is 26.6 Å². The molecule has 1 atom stereocenters. The fraction of sp³-hybridized carbons (Fsp3) is 0.235. The van der Waals surface area contributed by atoms with E-state index < -0.39 is 27.8 Å². The first-order valence-electron chi connectivity index (χ1n) is 7.53. The maximum Gasteiger partial charge on any atom is 0.248 e. The van der Waals surface area contributed by atoms with E-state index in [0.717, 1.165) is 16.6 Å². The summed E-state index contributed by atoms with van der Waals surface area (Å²) in [5, 5.41) is 2.91. The van der Waals surface area contributed by atoms with Crippen LogP contribution in [0.5, 0.6) is 0 Å². The predicted molar refractivity (Wildman–Crippen MR) is 97.9 cm³/mol. The smallest absolute Gasteiger partial charge is 0.248 e. The molecule has 0 aliphatic rings. The van der Waals surface area contributed by atoms with Gasteiger partial charge in [0.25, 0.3) is 0 Å². The molecule has 0 bridgehead atoms. The Hall–Kier alpha value is -2.12. The summed E-state index contributed by atoms with van der Waals surface area (Å²) in [5.74, 6) is -1.06. The van der Waals surface area contributed by atoms with Gasteiger partial charge in [-0.2, -0.15) is 0 Å². The highest BCUT2D eigenvalue weighted by molar-refractivity contribution is 7.92. The van der Waals surface area contributed by atoms with Gasteiger partial charge in [0, 0.05) is 10.7 Å². The molecule has 0 aliphatic carbocycles. The molecule has 2 aromatic carbocycles. The highest BCUT2D eigenvalue weighted by Crippen LogP contribution is 2.26. The second-order valence-electron chi connectivity index (χ2n) is 5.46. The first-order chi connectivity index (χ1) is 11.7. The van der Waals surface area contributed by atoms with Crippen LogP contribution in [-0.2, 0) is 14.8 Å². The van der Waals surface area contributed by atoms with Crippen LogP contribution in [0, 0.1) is 5.82 Å². The summed E-state index contributed by atoms with van der Waals surface area (Å²) >= 11 is 5.95. The first kappa shape index (κ1) is 19.2. The van der Waals surface area contributed by atoms with Crippen LogP contribution in [0.2, 0.25) is 5.02 Å².